The Hall–Kier alpha value is -1.79. The van der Waals surface area contributed by atoms with Gasteiger partial charge >= 0.3 is 12.0 Å². The molecule has 0 rings (SSSR count). The second-order valence-corrected chi connectivity index (χ2v) is 4.44. The summed E-state index contributed by atoms with van der Waals surface area (Å²) in [5.41, 5.74) is 0. The van der Waals surface area contributed by atoms with Crippen molar-refractivity contribution in [1.82, 2.24) is 16.0 Å². The van der Waals surface area contributed by atoms with Crippen molar-refractivity contribution in [3.63, 3.8) is 0 Å². The summed E-state index contributed by atoms with van der Waals surface area (Å²) in [7, 11) is 0. The number of carbonyl (C=O) groups is 3. The number of carboxylic acids is 1. The minimum Gasteiger partial charge on any atom is -0.481 e. The minimum atomic E-state index is -0.887. The maximum absolute atomic E-state index is 11.3. The first-order chi connectivity index (χ1) is 8.95. The molecule has 110 valence electrons. The number of nitrogens with one attached hydrogen (secondary N) is 3. The van der Waals surface area contributed by atoms with Gasteiger partial charge in [-0.15, -0.1) is 0 Å². The molecule has 0 aromatic heterocycles. The predicted molar refractivity (Wildman–Crippen MR) is 70.7 cm³/mol. The van der Waals surface area contributed by atoms with Crippen molar-refractivity contribution in [2.45, 2.75) is 33.1 Å². The first-order valence-corrected chi connectivity index (χ1v) is 6.45. The number of hydrogen-bond acceptors (Lipinski definition) is 3. The fourth-order valence-electron chi connectivity index (χ4n) is 1.34. The topological polar surface area (TPSA) is 108 Å². The molecule has 0 aromatic carbocycles. The quantitative estimate of drug-likeness (QED) is 0.485. The fraction of sp³-hybridized carbons (Fsp3) is 0.750. The van der Waals surface area contributed by atoms with Gasteiger partial charge in [-0.05, 0) is 12.3 Å². The third-order valence-corrected chi connectivity index (χ3v) is 2.34. The summed E-state index contributed by atoms with van der Waals surface area (Å²) in [6, 6.07) is -0.388. The van der Waals surface area contributed by atoms with Gasteiger partial charge in [0.05, 0.1) is 0 Å². The largest absolute Gasteiger partial charge is 0.481 e. The third-order valence-electron chi connectivity index (χ3n) is 2.34. The molecule has 0 aliphatic carbocycles. The number of urea groups is 1. The molecule has 0 radical (unpaired) electrons. The van der Waals surface area contributed by atoms with Crippen molar-refractivity contribution >= 4 is 17.9 Å². The van der Waals surface area contributed by atoms with Crippen molar-refractivity contribution in [3.8, 4) is 0 Å². The minimum absolute atomic E-state index is 0.0136. The normalized spacial score (nSPS) is 11.5. The van der Waals surface area contributed by atoms with E-state index in [1.54, 1.807) is 6.92 Å². The average Bonchev–Trinajstić information content (AvgIpc) is 2.33. The van der Waals surface area contributed by atoms with Crippen LogP contribution in [0.15, 0.2) is 0 Å². The molecule has 1 unspecified atom stereocenters. The molecule has 0 saturated heterocycles. The van der Waals surface area contributed by atoms with Gasteiger partial charge < -0.3 is 21.1 Å². The molecule has 0 aliphatic heterocycles. The van der Waals surface area contributed by atoms with Crippen LogP contribution in [-0.4, -0.2) is 42.6 Å². The van der Waals surface area contributed by atoms with Crippen molar-refractivity contribution in [2.75, 3.05) is 19.6 Å². The van der Waals surface area contributed by atoms with E-state index in [-0.39, 0.29) is 37.2 Å². The molecule has 0 aromatic rings. The number of hydrogen-bond donors (Lipinski definition) is 4. The van der Waals surface area contributed by atoms with Gasteiger partial charge in [-0.1, -0.05) is 13.8 Å². The maximum Gasteiger partial charge on any atom is 0.314 e. The first-order valence-electron chi connectivity index (χ1n) is 6.45. The predicted octanol–water partition coefficient (Wildman–Crippen LogP) is 0.313. The third kappa shape index (κ3) is 11.1. The van der Waals surface area contributed by atoms with Crippen LogP contribution < -0.4 is 16.0 Å². The standard InChI is InChI=1S/C12H23N3O4/c1-3-5-13-10(16)4-6-14-12(19)15-8-9(2)7-11(17)18/h9H,3-8H2,1-2H3,(H,13,16)(H,17,18)(H2,14,15,19). The monoisotopic (exact) mass is 273 g/mol. The van der Waals surface area contributed by atoms with Gasteiger partial charge in [0.2, 0.25) is 5.91 Å². The number of rotatable bonds is 9. The van der Waals surface area contributed by atoms with Crippen LogP contribution in [0.3, 0.4) is 0 Å². The van der Waals surface area contributed by atoms with Crippen LogP contribution in [-0.2, 0) is 9.59 Å². The van der Waals surface area contributed by atoms with Crippen LogP contribution in [0, 0.1) is 5.92 Å². The molecular formula is C12H23N3O4. The molecule has 0 saturated carbocycles. The van der Waals surface area contributed by atoms with Crippen LogP contribution in [0.1, 0.15) is 33.1 Å². The molecule has 0 fully saturated rings. The molecule has 0 spiro atoms. The second kappa shape index (κ2) is 10.2. The van der Waals surface area contributed by atoms with E-state index < -0.39 is 5.97 Å². The summed E-state index contributed by atoms with van der Waals surface area (Å²) in [6.07, 6.45) is 1.12. The summed E-state index contributed by atoms with van der Waals surface area (Å²) in [5.74, 6) is -1.11. The molecule has 0 aliphatic rings. The van der Waals surface area contributed by atoms with Gasteiger partial charge in [0.1, 0.15) is 0 Å². The van der Waals surface area contributed by atoms with E-state index in [1.165, 1.54) is 0 Å². The molecule has 19 heavy (non-hydrogen) atoms. The van der Waals surface area contributed by atoms with Crippen LogP contribution in [0.4, 0.5) is 4.79 Å². The Bertz CT molecular complexity index is 307. The number of carbonyl (C=O) groups excluding carboxylic acids is 2. The van der Waals surface area contributed by atoms with Crippen LogP contribution in [0.25, 0.3) is 0 Å². The Morgan fingerprint density at radius 1 is 1.11 bits per heavy atom. The van der Waals surface area contributed by atoms with Crippen LogP contribution in [0.2, 0.25) is 0 Å². The summed E-state index contributed by atoms with van der Waals surface area (Å²) in [5, 5.41) is 16.4. The molecular weight excluding hydrogens is 250 g/mol. The van der Waals surface area contributed by atoms with Crippen molar-refractivity contribution in [1.29, 1.82) is 0 Å². The summed E-state index contributed by atoms with van der Waals surface area (Å²) >= 11 is 0. The summed E-state index contributed by atoms with van der Waals surface area (Å²) in [6.45, 7) is 4.89. The molecule has 3 amide bonds. The summed E-state index contributed by atoms with van der Waals surface area (Å²) < 4.78 is 0. The van der Waals surface area contributed by atoms with Crippen LogP contribution in [0.5, 0.6) is 0 Å². The molecule has 0 heterocycles. The van der Waals surface area contributed by atoms with Crippen molar-refractivity contribution in [3.05, 3.63) is 0 Å². The molecule has 4 N–H and O–H groups in total. The SMILES string of the molecule is CCCNC(=O)CCNC(=O)NCC(C)CC(=O)O. The van der Waals surface area contributed by atoms with E-state index in [0.29, 0.717) is 13.1 Å². The Morgan fingerprint density at radius 3 is 2.37 bits per heavy atom. The van der Waals surface area contributed by atoms with Gasteiger partial charge in [-0.25, -0.2) is 4.79 Å². The van der Waals surface area contributed by atoms with E-state index in [9.17, 15) is 14.4 Å². The Morgan fingerprint density at radius 2 is 1.79 bits per heavy atom. The summed E-state index contributed by atoms with van der Waals surface area (Å²) in [4.78, 5) is 33.0. The zero-order valence-electron chi connectivity index (χ0n) is 11.5. The number of aliphatic carboxylic acids is 1. The molecule has 7 nitrogen and oxygen atoms in total. The lowest BCUT2D eigenvalue weighted by Gasteiger charge is -2.11. The molecule has 1 atom stereocenters. The second-order valence-electron chi connectivity index (χ2n) is 4.44. The van der Waals surface area contributed by atoms with E-state index in [1.807, 2.05) is 6.92 Å². The highest BCUT2D eigenvalue weighted by molar-refractivity contribution is 5.78. The van der Waals surface area contributed by atoms with E-state index >= 15 is 0 Å². The Labute approximate surface area is 113 Å². The van der Waals surface area contributed by atoms with Crippen LogP contribution >= 0.6 is 0 Å². The van der Waals surface area contributed by atoms with E-state index in [4.69, 9.17) is 5.11 Å². The lowest BCUT2D eigenvalue weighted by Crippen LogP contribution is -2.39. The number of carboxylic acid groups (broad SMARTS) is 1. The average molecular weight is 273 g/mol. The lowest BCUT2D eigenvalue weighted by atomic mass is 10.1. The van der Waals surface area contributed by atoms with E-state index in [0.717, 1.165) is 6.42 Å². The first kappa shape index (κ1) is 17.2. The van der Waals surface area contributed by atoms with Crippen molar-refractivity contribution < 1.29 is 19.5 Å². The maximum atomic E-state index is 11.3. The van der Waals surface area contributed by atoms with Gasteiger partial charge in [0.25, 0.3) is 0 Å². The Kier molecular flexibility index (Phi) is 9.20. The zero-order chi connectivity index (χ0) is 14.7. The van der Waals surface area contributed by atoms with Gasteiger partial charge in [0.15, 0.2) is 0 Å². The van der Waals surface area contributed by atoms with Crippen molar-refractivity contribution in [2.24, 2.45) is 5.92 Å². The van der Waals surface area contributed by atoms with Gasteiger partial charge in [-0.3, -0.25) is 9.59 Å². The highest BCUT2D eigenvalue weighted by Gasteiger charge is 2.09. The lowest BCUT2D eigenvalue weighted by molar-refractivity contribution is -0.137. The molecule has 0 bridgehead atoms. The number of amides is 3. The smallest absolute Gasteiger partial charge is 0.314 e. The molecule has 7 heteroatoms. The van der Waals surface area contributed by atoms with Gasteiger partial charge in [-0.2, -0.15) is 0 Å². The van der Waals surface area contributed by atoms with E-state index in [2.05, 4.69) is 16.0 Å². The fourth-order valence-corrected chi connectivity index (χ4v) is 1.34. The highest BCUT2D eigenvalue weighted by Crippen LogP contribution is 1.98. The zero-order valence-corrected chi connectivity index (χ0v) is 11.5. The van der Waals surface area contributed by atoms with Gasteiger partial charge in [0, 0.05) is 32.5 Å². The highest BCUT2D eigenvalue weighted by atomic mass is 16.4. The Balaban J connectivity index is 3.59.